The number of piperidine rings is 1. The Kier molecular flexibility index (Phi) is 5.94. The lowest BCUT2D eigenvalue weighted by Crippen LogP contribution is -2.48. The van der Waals surface area contributed by atoms with Crippen LogP contribution < -0.4 is 0 Å². The van der Waals surface area contributed by atoms with Gasteiger partial charge in [-0.3, -0.25) is 4.79 Å². The fourth-order valence-electron chi connectivity index (χ4n) is 3.61. The minimum Gasteiger partial charge on any atom is -0.411 e. The zero-order valence-electron chi connectivity index (χ0n) is 16.9. The Morgan fingerprint density at radius 3 is 2.37 bits per heavy atom. The molecule has 1 amide bonds. The van der Waals surface area contributed by atoms with Gasteiger partial charge in [0.1, 0.15) is 0 Å². The Morgan fingerprint density at radius 1 is 1.15 bits per heavy atom. The lowest BCUT2D eigenvalue weighted by molar-refractivity contribution is -0.134. The van der Waals surface area contributed by atoms with Crippen LogP contribution in [0.5, 0.6) is 0 Å². The maximum atomic E-state index is 12.6. The third-order valence-corrected chi connectivity index (χ3v) is 6.01. The topological polar surface area (TPSA) is 59.2 Å². The minimum absolute atomic E-state index is 0.109. The van der Waals surface area contributed by atoms with Crippen molar-refractivity contribution in [3.8, 4) is 11.5 Å². The molecule has 6 heteroatoms. The number of nitrogens with zero attached hydrogens (tertiary/aromatic N) is 3. The van der Waals surface area contributed by atoms with Crippen LogP contribution in [-0.4, -0.2) is 38.8 Å². The number of aromatic nitrogens is 2. The van der Waals surface area contributed by atoms with Crippen molar-refractivity contribution in [3.05, 3.63) is 29.8 Å². The number of carbonyl (C=O) groups is 1. The van der Waals surface area contributed by atoms with E-state index in [1.54, 1.807) is 0 Å². The molecule has 0 N–H and O–H groups in total. The molecule has 0 spiro atoms. The molecule has 5 nitrogen and oxygen atoms in total. The third-order valence-electron chi connectivity index (χ3n) is 5.20. The minimum atomic E-state index is 0.109. The van der Waals surface area contributed by atoms with E-state index in [9.17, 15) is 4.79 Å². The standard InChI is InChI=1S/C21H29N3O2S/c1-14-7-6-8-15(2)24(14)18(25)13-27-20-23-22-19(26-20)16-9-11-17(12-10-16)21(3,4)5/h9-12,14-15H,6-8,13H2,1-5H3/t14-,15-/m1/s1. The molecule has 1 saturated heterocycles. The Balaban J connectivity index is 1.62. The molecule has 0 bridgehead atoms. The first-order valence-electron chi connectivity index (χ1n) is 9.64. The average molecular weight is 388 g/mol. The molecular formula is C21H29N3O2S. The Hall–Kier alpha value is -1.82. The maximum Gasteiger partial charge on any atom is 0.277 e. The number of benzene rings is 1. The Morgan fingerprint density at radius 2 is 1.78 bits per heavy atom. The van der Waals surface area contributed by atoms with E-state index in [-0.39, 0.29) is 11.3 Å². The highest BCUT2D eigenvalue weighted by Crippen LogP contribution is 2.28. The smallest absolute Gasteiger partial charge is 0.277 e. The summed E-state index contributed by atoms with van der Waals surface area (Å²) in [5.41, 5.74) is 2.26. The van der Waals surface area contributed by atoms with E-state index in [4.69, 9.17) is 4.42 Å². The summed E-state index contributed by atoms with van der Waals surface area (Å²) >= 11 is 1.32. The van der Waals surface area contributed by atoms with E-state index < -0.39 is 0 Å². The Labute approximate surface area is 165 Å². The van der Waals surface area contributed by atoms with Crippen LogP contribution in [0, 0.1) is 0 Å². The molecule has 0 aliphatic carbocycles. The first kappa shape index (κ1) is 19.9. The number of thioether (sulfide) groups is 1. The van der Waals surface area contributed by atoms with Crippen LogP contribution in [0.2, 0.25) is 0 Å². The first-order chi connectivity index (χ1) is 12.8. The molecule has 1 aliphatic heterocycles. The van der Waals surface area contributed by atoms with Gasteiger partial charge in [-0.2, -0.15) is 0 Å². The number of carbonyl (C=O) groups excluding carboxylic acids is 1. The van der Waals surface area contributed by atoms with E-state index in [0.29, 0.717) is 29.0 Å². The lowest BCUT2D eigenvalue weighted by Gasteiger charge is -2.39. The van der Waals surface area contributed by atoms with E-state index in [0.717, 1.165) is 18.4 Å². The summed E-state index contributed by atoms with van der Waals surface area (Å²) in [6, 6.07) is 8.81. The van der Waals surface area contributed by atoms with E-state index >= 15 is 0 Å². The van der Waals surface area contributed by atoms with E-state index in [1.165, 1.54) is 23.7 Å². The molecule has 146 valence electrons. The van der Waals surface area contributed by atoms with E-state index in [2.05, 4.69) is 56.9 Å². The van der Waals surface area contributed by atoms with Gasteiger partial charge < -0.3 is 9.32 Å². The van der Waals surface area contributed by atoms with Gasteiger partial charge in [-0.05, 0) is 56.2 Å². The molecule has 1 aliphatic rings. The number of rotatable bonds is 4. The van der Waals surface area contributed by atoms with Crippen LogP contribution >= 0.6 is 11.8 Å². The summed E-state index contributed by atoms with van der Waals surface area (Å²) in [7, 11) is 0. The number of hydrogen-bond acceptors (Lipinski definition) is 5. The second kappa shape index (κ2) is 8.05. The second-order valence-corrected chi connectivity index (χ2v) is 9.35. The summed E-state index contributed by atoms with van der Waals surface area (Å²) in [4.78, 5) is 14.6. The van der Waals surface area contributed by atoms with Crippen LogP contribution in [0.3, 0.4) is 0 Å². The SMILES string of the molecule is C[C@@H]1CCC[C@@H](C)N1C(=O)CSc1nnc(-c2ccc(C(C)(C)C)cc2)o1. The predicted octanol–water partition coefficient (Wildman–Crippen LogP) is 4.92. The largest absolute Gasteiger partial charge is 0.411 e. The summed E-state index contributed by atoms with van der Waals surface area (Å²) in [6.07, 6.45) is 3.35. The molecule has 1 aromatic heterocycles. The van der Waals surface area contributed by atoms with Gasteiger partial charge in [0.25, 0.3) is 5.22 Å². The first-order valence-corrected chi connectivity index (χ1v) is 10.6. The van der Waals surface area contributed by atoms with Crippen molar-refractivity contribution in [3.63, 3.8) is 0 Å². The molecule has 2 aromatic rings. The molecule has 1 fully saturated rings. The molecule has 1 aromatic carbocycles. The van der Waals surface area contributed by atoms with Crippen LogP contribution in [0.1, 0.15) is 59.4 Å². The predicted molar refractivity (Wildman–Crippen MR) is 109 cm³/mol. The fourth-order valence-corrected chi connectivity index (χ4v) is 4.24. The summed E-state index contributed by atoms with van der Waals surface area (Å²) < 4.78 is 5.76. The van der Waals surface area contributed by atoms with Crippen molar-refractivity contribution in [2.45, 2.75) is 76.6 Å². The highest BCUT2D eigenvalue weighted by molar-refractivity contribution is 7.99. The van der Waals surface area contributed by atoms with E-state index in [1.807, 2.05) is 17.0 Å². The van der Waals surface area contributed by atoms with Crippen molar-refractivity contribution >= 4 is 17.7 Å². The van der Waals surface area contributed by atoms with Crippen molar-refractivity contribution in [1.82, 2.24) is 15.1 Å². The average Bonchev–Trinajstić information content (AvgIpc) is 3.08. The molecule has 2 heterocycles. The number of likely N-dealkylation sites (tertiary alicyclic amines) is 1. The van der Waals surface area contributed by atoms with Crippen molar-refractivity contribution in [2.75, 3.05) is 5.75 Å². The summed E-state index contributed by atoms with van der Waals surface area (Å²) in [6.45, 7) is 10.8. The maximum absolute atomic E-state index is 12.6. The summed E-state index contributed by atoms with van der Waals surface area (Å²) in [5.74, 6) is 0.971. The molecule has 3 rings (SSSR count). The Bertz CT molecular complexity index is 769. The zero-order valence-corrected chi connectivity index (χ0v) is 17.7. The molecular weight excluding hydrogens is 358 g/mol. The van der Waals surface area contributed by atoms with Gasteiger partial charge in [0.05, 0.1) is 5.75 Å². The monoisotopic (exact) mass is 387 g/mol. The van der Waals surface area contributed by atoms with Gasteiger partial charge in [0.2, 0.25) is 11.8 Å². The summed E-state index contributed by atoms with van der Waals surface area (Å²) in [5, 5.41) is 8.67. The van der Waals surface area contributed by atoms with Crippen molar-refractivity contribution in [1.29, 1.82) is 0 Å². The van der Waals surface area contributed by atoms with Gasteiger partial charge in [-0.25, -0.2) is 0 Å². The quantitative estimate of drug-likeness (QED) is 0.697. The van der Waals surface area contributed by atoms with Crippen molar-refractivity contribution in [2.24, 2.45) is 0 Å². The zero-order chi connectivity index (χ0) is 19.6. The van der Waals surface area contributed by atoms with Gasteiger partial charge in [0.15, 0.2) is 0 Å². The van der Waals surface area contributed by atoms with Crippen LogP contribution in [0.25, 0.3) is 11.5 Å². The third kappa shape index (κ3) is 4.72. The normalized spacial score (nSPS) is 20.7. The highest BCUT2D eigenvalue weighted by Gasteiger charge is 2.29. The van der Waals surface area contributed by atoms with Crippen LogP contribution in [0.4, 0.5) is 0 Å². The molecule has 0 unspecified atom stereocenters. The molecule has 2 atom stereocenters. The molecule has 0 saturated carbocycles. The molecule has 27 heavy (non-hydrogen) atoms. The number of hydrogen-bond donors (Lipinski definition) is 0. The fraction of sp³-hybridized carbons (Fsp3) is 0.571. The van der Waals surface area contributed by atoms with Gasteiger partial charge in [-0.1, -0.05) is 44.7 Å². The van der Waals surface area contributed by atoms with Crippen molar-refractivity contribution < 1.29 is 9.21 Å². The van der Waals surface area contributed by atoms with Gasteiger partial charge in [0, 0.05) is 17.6 Å². The van der Waals surface area contributed by atoms with Crippen LogP contribution in [0.15, 0.2) is 33.9 Å². The highest BCUT2D eigenvalue weighted by atomic mass is 32.2. The van der Waals surface area contributed by atoms with Crippen LogP contribution in [-0.2, 0) is 10.2 Å². The molecule has 0 radical (unpaired) electrons. The lowest BCUT2D eigenvalue weighted by atomic mass is 9.87. The second-order valence-electron chi connectivity index (χ2n) is 8.42. The van der Waals surface area contributed by atoms with Gasteiger partial charge >= 0.3 is 0 Å². The number of amides is 1. The van der Waals surface area contributed by atoms with Gasteiger partial charge in [-0.15, -0.1) is 10.2 Å².